The quantitative estimate of drug-likeness (QED) is 0.132. The maximum Gasteiger partial charge on any atom is 0.0645 e. The van der Waals surface area contributed by atoms with Gasteiger partial charge >= 0.3 is 0 Å². The first-order chi connectivity index (χ1) is 37.6. The summed E-state index contributed by atoms with van der Waals surface area (Å²) >= 11 is 0. The molecule has 0 radical (unpaired) electrons. The first-order valence-corrected chi connectivity index (χ1v) is 23.1. The molecule has 0 amide bonds. The molecule has 0 fully saturated rings. The van der Waals surface area contributed by atoms with Crippen LogP contribution < -0.4 is 4.90 Å². The third-order valence-electron chi connectivity index (χ3n) is 12.9. The lowest BCUT2D eigenvalue weighted by atomic mass is 9.90. The minimum absolute atomic E-state index is 0.0856. The van der Waals surface area contributed by atoms with Crippen LogP contribution in [0, 0.1) is 0 Å². The third-order valence-corrected chi connectivity index (χ3v) is 12.9. The largest absolute Gasteiger partial charge is 0.311 e. The van der Waals surface area contributed by atoms with Crippen LogP contribution >= 0.6 is 0 Å². The van der Waals surface area contributed by atoms with Crippen molar-refractivity contribution in [2.24, 2.45) is 0 Å². The van der Waals surface area contributed by atoms with Crippen LogP contribution in [-0.2, 0) is 0 Å². The molecule has 12 aromatic carbocycles. The van der Waals surface area contributed by atoms with E-state index < -0.39 is 24.2 Å². The maximum atomic E-state index is 9.88. The van der Waals surface area contributed by atoms with Crippen molar-refractivity contribution < 1.29 is 11.0 Å². The molecule has 0 aromatic heterocycles. The standard InChI is InChI=1S/C68H47N/c1-4-15-51(16-5-1)64-45-38-58(47-67(64)53-17-6-2-7-18-53)50-33-41-60(42-34-50)69(59-39-31-49(32-40-59)48-27-29-55(30-28-48)63-26-14-23-52-19-10-12-24-62(52)63)61-43-35-56(36-44-61)66-46-37-54-20-11-13-25-65(54)68(66)57-21-8-3-9-22-57/h1-47H/i33D,34D,35D,36D,41D,42D,43D,44D. The molecule has 1 heteroatoms. The summed E-state index contributed by atoms with van der Waals surface area (Å²) in [5.74, 6) is 0. The number of nitrogens with zero attached hydrogens (tertiary/aromatic N) is 1. The Kier molecular flexibility index (Phi) is 8.88. The van der Waals surface area contributed by atoms with Gasteiger partial charge in [0.1, 0.15) is 0 Å². The van der Waals surface area contributed by atoms with Gasteiger partial charge in [-0.25, -0.2) is 0 Å². The number of hydrogen-bond donors (Lipinski definition) is 0. The number of benzene rings is 12. The van der Waals surface area contributed by atoms with E-state index in [0.29, 0.717) is 16.8 Å². The molecule has 0 atom stereocenters. The summed E-state index contributed by atoms with van der Waals surface area (Å²) in [6.07, 6.45) is 0. The number of hydrogen-bond acceptors (Lipinski definition) is 1. The number of anilines is 3. The van der Waals surface area contributed by atoms with Gasteiger partial charge in [0, 0.05) is 17.1 Å². The first-order valence-electron chi connectivity index (χ1n) is 27.1. The van der Waals surface area contributed by atoms with Gasteiger partial charge in [-0.1, -0.05) is 243 Å². The molecular weight excluding hydrogens is 831 g/mol. The fourth-order valence-electron chi connectivity index (χ4n) is 9.43. The van der Waals surface area contributed by atoms with Crippen LogP contribution in [0.1, 0.15) is 11.0 Å². The van der Waals surface area contributed by atoms with Crippen molar-refractivity contribution in [3.63, 3.8) is 0 Å². The Hall–Kier alpha value is -9.04. The van der Waals surface area contributed by atoms with E-state index in [-0.39, 0.29) is 46.7 Å². The zero-order valence-corrected chi connectivity index (χ0v) is 37.5. The Labute approximate surface area is 415 Å². The molecule has 0 aliphatic carbocycles. The van der Waals surface area contributed by atoms with Crippen LogP contribution in [0.3, 0.4) is 0 Å². The third kappa shape index (κ3) is 8.18. The van der Waals surface area contributed by atoms with E-state index in [0.717, 1.165) is 77.2 Å². The molecular formula is C68H47N. The summed E-state index contributed by atoms with van der Waals surface area (Å²) in [5.41, 5.74) is 10.3. The molecule has 0 aliphatic rings. The lowest BCUT2D eigenvalue weighted by Crippen LogP contribution is -2.09. The van der Waals surface area contributed by atoms with E-state index in [1.165, 1.54) is 4.90 Å². The normalized spacial score (nSPS) is 12.8. The van der Waals surface area contributed by atoms with Gasteiger partial charge in [0.25, 0.3) is 0 Å². The number of rotatable bonds is 10. The molecule has 0 aliphatic heterocycles. The van der Waals surface area contributed by atoms with Crippen LogP contribution in [-0.4, -0.2) is 0 Å². The van der Waals surface area contributed by atoms with Crippen LogP contribution in [0.2, 0.25) is 0 Å². The summed E-state index contributed by atoms with van der Waals surface area (Å²) in [5, 5.41) is 4.15. The first kappa shape index (κ1) is 33.4. The van der Waals surface area contributed by atoms with Crippen LogP contribution in [0.25, 0.3) is 99.4 Å². The SMILES string of the molecule is [2H]c1c([2H])c(N(c2ccc(-c3ccc(-c4cccc5ccccc45)cc3)cc2)c2c([2H])c([2H])c(-c3ccc4ccccc4c3-c3ccccc3)c([2H])c2[2H])c([2H])c([2H])c1-c1ccc(-c2ccccc2)c(-c2ccccc2)c1. The van der Waals surface area contributed by atoms with Gasteiger partial charge in [0.2, 0.25) is 0 Å². The molecule has 0 spiro atoms. The summed E-state index contributed by atoms with van der Waals surface area (Å²) in [4.78, 5) is 1.37. The molecule has 0 saturated heterocycles. The second-order valence-electron chi connectivity index (χ2n) is 17.0. The van der Waals surface area contributed by atoms with E-state index >= 15 is 0 Å². The van der Waals surface area contributed by atoms with Crippen molar-refractivity contribution in [2.45, 2.75) is 0 Å². The maximum absolute atomic E-state index is 9.88. The minimum Gasteiger partial charge on any atom is -0.311 e. The molecule has 0 bridgehead atoms. The molecule has 324 valence electrons. The Morgan fingerprint density at radius 3 is 1.32 bits per heavy atom. The van der Waals surface area contributed by atoms with Crippen molar-refractivity contribution >= 4 is 38.6 Å². The predicted octanol–water partition coefficient (Wildman–Crippen LogP) is 19.1. The molecule has 0 N–H and O–H groups in total. The summed E-state index contributed by atoms with van der Waals surface area (Å²) in [6.45, 7) is 0. The Balaban J connectivity index is 1.03. The fraction of sp³-hybridized carbons (Fsp3) is 0. The number of fused-ring (bicyclic) bond motifs is 2. The second-order valence-corrected chi connectivity index (χ2v) is 17.0. The second kappa shape index (κ2) is 18.3. The molecule has 0 saturated carbocycles. The smallest absolute Gasteiger partial charge is 0.0645 e. The van der Waals surface area contributed by atoms with Crippen LogP contribution in [0.15, 0.2) is 285 Å². The minimum atomic E-state index is -0.413. The average Bonchev–Trinajstić information content (AvgIpc) is 3.56. The Morgan fingerprint density at radius 1 is 0.232 bits per heavy atom. The molecule has 0 unspecified atom stereocenters. The van der Waals surface area contributed by atoms with Crippen molar-refractivity contribution in [3.8, 4) is 77.9 Å². The van der Waals surface area contributed by atoms with Crippen LogP contribution in [0.4, 0.5) is 17.1 Å². The summed E-state index contributed by atoms with van der Waals surface area (Å²) in [6, 6.07) is 74.0. The Morgan fingerprint density at radius 2 is 0.681 bits per heavy atom. The molecule has 12 rings (SSSR count). The van der Waals surface area contributed by atoms with Gasteiger partial charge in [-0.05, 0) is 142 Å². The molecule has 0 heterocycles. The van der Waals surface area contributed by atoms with Gasteiger partial charge in [-0.15, -0.1) is 0 Å². The molecule has 12 aromatic rings. The van der Waals surface area contributed by atoms with E-state index in [1.54, 1.807) is 12.1 Å². The zero-order valence-electron chi connectivity index (χ0n) is 45.5. The molecule has 69 heavy (non-hydrogen) atoms. The highest BCUT2D eigenvalue weighted by atomic mass is 15.1. The molecule has 1 nitrogen and oxygen atoms in total. The predicted molar refractivity (Wildman–Crippen MR) is 294 cm³/mol. The van der Waals surface area contributed by atoms with E-state index in [2.05, 4.69) is 54.6 Å². The highest BCUT2D eigenvalue weighted by Gasteiger charge is 2.17. The van der Waals surface area contributed by atoms with Crippen molar-refractivity contribution in [1.82, 2.24) is 0 Å². The van der Waals surface area contributed by atoms with Gasteiger partial charge in [0.05, 0.1) is 11.0 Å². The van der Waals surface area contributed by atoms with E-state index in [1.807, 2.05) is 170 Å². The van der Waals surface area contributed by atoms with Gasteiger partial charge in [-0.2, -0.15) is 0 Å². The van der Waals surface area contributed by atoms with Crippen LogP contribution in [0.5, 0.6) is 0 Å². The van der Waals surface area contributed by atoms with Crippen molar-refractivity contribution in [1.29, 1.82) is 0 Å². The monoisotopic (exact) mass is 885 g/mol. The van der Waals surface area contributed by atoms with E-state index in [4.69, 9.17) is 0 Å². The van der Waals surface area contributed by atoms with E-state index in [9.17, 15) is 11.0 Å². The fourth-order valence-corrected chi connectivity index (χ4v) is 9.43. The van der Waals surface area contributed by atoms with Gasteiger partial charge < -0.3 is 4.90 Å². The Bertz CT molecular complexity index is 4160. The highest BCUT2D eigenvalue weighted by Crippen LogP contribution is 2.42. The summed E-state index contributed by atoms with van der Waals surface area (Å²) in [7, 11) is 0. The zero-order chi connectivity index (χ0) is 52.9. The lowest BCUT2D eigenvalue weighted by Gasteiger charge is -2.26. The lowest BCUT2D eigenvalue weighted by molar-refractivity contribution is 1.28. The van der Waals surface area contributed by atoms with Gasteiger partial charge in [0.15, 0.2) is 0 Å². The van der Waals surface area contributed by atoms with Gasteiger partial charge in [-0.3, -0.25) is 0 Å². The average molecular weight is 886 g/mol. The highest BCUT2D eigenvalue weighted by molar-refractivity contribution is 6.04. The topological polar surface area (TPSA) is 3.24 Å². The summed E-state index contributed by atoms with van der Waals surface area (Å²) < 4.78 is 78.5. The van der Waals surface area contributed by atoms with Crippen molar-refractivity contribution in [2.75, 3.05) is 4.90 Å². The van der Waals surface area contributed by atoms with Crippen molar-refractivity contribution in [3.05, 3.63) is 285 Å².